The molecule has 0 saturated carbocycles. The van der Waals surface area contributed by atoms with E-state index in [9.17, 15) is 4.21 Å². The molecule has 0 aliphatic rings. The van der Waals surface area contributed by atoms with Gasteiger partial charge in [-0.05, 0) is 25.5 Å². The Balaban J connectivity index is 2.42. The van der Waals surface area contributed by atoms with E-state index in [-0.39, 0.29) is 5.25 Å². The summed E-state index contributed by atoms with van der Waals surface area (Å²) in [5.74, 6) is 0.668. The van der Waals surface area contributed by atoms with Crippen LogP contribution in [0.1, 0.15) is 32.8 Å². The lowest BCUT2D eigenvalue weighted by Crippen LogP contribution is -2.30. The van der Waals surface area contributed by atoms with Gasteiger partial charge in [-0.25, -0.2) is 0 Å². The molecule has 0 bridgehead atoms. The second-order valence-electron chi connectivity index (χ2n) is 4.52. The summed E-state index contributed by atoms with van der Waals surface area (Å²) in [7, 11) is -0.780. The summed E-state index contributed by atoms with van der Waals surface area (Å²) in [5.41, 5.74) is 1.16. The van der Waals surface area contributed by atoms with Crippen molar-refractivity contribution in [1.82, 2.24) is 5.32 Å². The second-order valence-corrected chi connectivity index (χ2v) is 6.37. The minimum atomic E-state index is -0.780. The number of rotatable bonds is 7. The van der Waals surface area contributed by atoms with E-state index in [4.69, 9.17) is 0 Å². The molecular formula is C14H23NOS. The van der Waals surface area contributed by atoms with Crippen LogP contribution < -0.4 is 5.32 Å². The van der Waals surface area contributed by atoms with Crippen LogP contribution in [0.25, 0.3) is 0 Å². The van der Waals surface area contributed by atoms with E-state index in [2.05, 4.69) is 26.1 Å². The molecule has 2 nitrogen and oxygen atoms in total. The average Bonchev–Trinajstić information content (AvgIpc) is 2.30. The van der Waals surface area contributed by atoms with Crippen LogP contribution in [0.15, 0.2) is 30.3 Å². The zero-order valence-electron chi connectivity index (χ0n) is 11.0. The first kappa shape index (κ1) is 14.4. The second kappa shape index (κ2) is 7.62. The summed E-state index contributed by atoms with van der Waals surface area (Å²) < 4.78 is 12.1. The van der Waals surface area contributed by atoms with Crippen molar-refractivity contribution in [1.29, 1.82) is 0 Å². The van der Waals surface area contributed by atoms with Crippen molar-refractivity contribution in [3.8, 4) is 0 Å². The molecule has 0 spiro atoms. The monoisotopic (exact) mass is 253 g/mol. The average molecular weight is 253 g/mol. The Morgan fingerprint density at radius 1 is 1.24 bits per heavy atom. The van der Waals surface area contributed by atoms with Gasteiger partial charge in [-0.2, -0.15) is 0 Å². The Morgan fingerprint density at radius 3 is 2.47 bits per heavy atom. The molecule has 0 heterocycles. The van der Waals surface area contributed by atoms with Crippen LogP contribution in [0.4, 0.5) is 0 Å². The number of benzene rings is 1. The van der Waals surface area contributed by atoms with Crippen molar-refractivity contribution >= 4 is 10.8 Å². The minimum Gasteiger partial charge on any atom is -0.314 e. The maximum Gasteiger partial charge on any atom is 0.0488 e. The van der Waals surface area contributed by atoms with Gasteiger partial charge in [-0.3, -0.25) is 4.21 Å². The van der Waals surface area contributed by atoms with Gasteiger partial charge in [-0.1, -0.05) is 44.2 Å². The summed E-state index contributed by atoms with van der Waals surface area (Å²) in [6, 6.07) is 10.5. The van der Waals surface area contributed by atoms with Crippen molar-refractivity contribution in [3.05, 3.63) is 35.9 Å². The van der Waals surface area contributed by atoms with Crippen molar-refractivity contribution < 1.29 is 4.21 Å². The lowest BCUT2D eigenvalue weighted by molar-refractivity contribution is 0.524. The molecule has 1 aromatic rings. The maximum atomic E-state index is 12.1. The van der Waals surface area contributed by atoms with Crippen LogP contribution >= 0.6 is 0 Å². The smallest absolute Gasteiger partial charge is 0.0488 e. The van der Waals surface area contributed by atoms with E-state index < -0.39 is 10.8 Å². The largest absolute Gasteiger partial charge is 0.314 e. The molecule has 1 N–H and O–H groups in total. The lowest BCUT2D eigenvalue weighted by atomic mass is 10.2. The van der Waals surface area contributed by atoms with Crippen LogP contribution in [0.2, 0.25) is 0 Å². The van der Waals surface area contributed by atoms with Crippen LogP contribution in [0, 0.1) is 0 Å². The van der Waals surface area contributed by atoms with Crippen molar-refractivity contribution in [2.45, 2.75) is 44.2 Å². The lowest BCUT2D eigenvalue weighted by Gasteiger charge is -2.17. The van der Waals surface area contributed by atoms with Crippen molar-refractivity contribution in [2.75, 3.05) is 6.54 Å². The quantitative estimate of drug-likeness (QED) is 0.809. The number of hydrogen-bond acceptors (Lipinski definition) is 2. The molecule has 0 saturated heterocycles. The van der Waals surface area contributed by atoms with Gasteiger partial charge in [0, 0.05) is 27.8 Å². The third kappa shape index (κ3) is 5.46. The molecule has 1 rings (SSSR count). The van der Waals surface area contributed by atoms with Crippen molar-refractivity contribution in [2.24, 2.45) is 0 Å². The zero-order chi connectivity index (χ0) is 12.7. The van der Waals surface area contributed by atoms with E-state index in [1.807, 2.05) is 30.3 Å². The van der Waals surface area contributed by atoms with Crippen molar-refractivity contribution in [3.63, 3.8) is 0 Å². The molecule has 0 amide bonds. The van der Waals surface area contributed by atoms with E-state index in [0.29, 0.717) is 11.8 Å². The molecule has 96 valence electrons. The molecule has 0 aliphatic carbocycles. The Bertz CT molecular complexity index is 339. The summed E-state index contributed by atoms with van der Waals surface area (Å²) in [6.07, 6.45) is 0.966. The predicted octanol–water partition coefficient (Wildman–Crippen LogP) is 2.71. The minimum absolute atomic E-state index is 0.240. The standard InChI is InChI=1S/C14H23NOS/c1-4-15-12(2)10-13(3)17(16)11-14-8-6-5-7-9-14/h5-9,12-13,15H,4,10-11H2,1-3H3. The van der Waals surface area contributed by atoms with Gasteiger partial charge >= 0.3 is 0 Å². The van der Waals surface area contributed by atoms with Crippen LogP contribution in [0.3, 0.4) is 0 Å². The topological polar surface area (TPSA) is 29.1 Å². The highest BCUT2D eigenvalue weighted by Crippen LogP contribution is 2.11. The summed E-state index contributed by atoms with van der Waals surface area (Å²) >= 11 is 0. The predicted molar refractivity (Wildman–Crippen MR) is 75.5 cm³/mol. The first-order chi connectivity index (χ1) is 8.13. The summed E-state index contributed by atoms with van der Waals surface area (Å²) in [6.45, 7) is 7.30. The first-order valence-corrected chi connectivity index (χ1v) is 7.66. The fourth-order valence-corrected chi connectivity index (χ4v) is 3.23. The van der Waals surface area contributed by atoms with E-state index in [1.165, 1.54) is 0 Å². The van der Waals surface area contributed by atoms with E-state index in [1.54, 1.807) is 0 Å². The fraction of sp³-hybridized carbons (Fsp3) is 0.571. The fourth-order valence-electron chi connectivity index (χ4n) is 1.92. The molecule has 3 unspecified atom stereocenters. The van der Waals surface area contributed by atoms with Gasteiger partial charge in [0.15, 0.2) is 0 Å². The van der Waals surface area contributed by atoms with Crippen LogP contribution in [0.5, 0.6) is 0 Å². The molecule has 0 fully saturated rings. The van der Waals surface area contributed by atoms with Gasteiger partial charge in [-0.15, -0.1) is 0 Å². The van der Waals surface area contributed by atoms with Gasteiger partial charge in [0.05, 0.1) is 0 Å². The summed E-state index contributed by atoms with van der Waals surface area (Å²) in [4.78, 5) is 0. The Morgan fingerprint density at radius 2 is 1.88 bits per heavy atom. The Kier molecular flexibility index (Phi) is 6.45. The highest BCUT2D eigenvalue weighted by molar-refractivity contribution is 7.84. The molecule has 3 heteroatoms. The molecule has 1 aromatic carbocycles. The summed E-state index contributed by atoms with van der Waals surface area (Å²) in [5, 5.41) is 3.60. The highest BCUT2D eigenvalue weighted by Gasteiger charge is 2.14. The van der Waals surface area contributed by atoms with Crippen LogP contribution in [-0.2, 0) is 16.6 Å². The SMILES string of the molecule is CCNC(C)CC(C)S(=O)Cc1ccccc1. The molecule has 0 aromatic heterocycles. The van der Waals surface area contributed by atoms with Gasteiger partial charge in [0.1, 0.15) is 0 Å². The third-order valence-corrected chi connectivity index (χ3v) is 4.55. The Hall–Kier alpha value is -0.670. The normalized spacial score (nSPS) is 16.4. The molecule has 0 aliphatic heterocycles. The molecule has 3 atom stereocenters. The Labute approximate surface area is 107 Å². The maximum absolute atomic E-state index is 12.1. The molecule has 17 heavy (non-hydrogen) atoms. The molecule has 0 radical (unpaired) electrons. The van der Waals surface area contributed by atoms with Gasteiger partial charge in [0.25, 0.3) is 0 Å². The van der Waals surface area contributed by atoms with E-state index in [0.717, 1.165) is 18.5 Å². The third-order valence-electron chi connectivity index (χ3n) is 2.84. The first-order valence-electron chi connectivity index (χ1n) is 6.28. The van der Waals surface area contributed by atoms with E-state index >= 15 is 0 Å². The zero-order valence-corrected chi connectivity index (χ0v) is 11.8. The van der Waals surface area contributed by atoms with Crippen LogP contribution in [-0.4, -0.2) is 22.0 Å². The number of hydrogen-bond donors (Lipinski definition) is 1. The molecular weight excluding hydrogens is 230 g/mol. The number of nitrogens with one attached hydrogen (secondary N) is 1. The van der Waals surface area contributed by atoms with Gasteiger partial charge in [0.2, 0.25) is 0 Å². The van der Waals surface area contributed by atoms with Gasteiger partial charge < -0.3 is 5.32 Å². The highest BCUT2D eigenvalue weighted by atomic mass is 32.2.